The summed E-state index contributed by atoms with van der Waals surface area (Å²) in [7, 11) is 4.56. The molecule has 1 atom stereocenters. The summed E-state index contributed by atoms with van der Waals surface area (Å²) >= 11 is 0. The van der Waals surface area contributed by atoms with Gasteiger partial charge in [0.05, 0.1) is 25.8 Å². The molecule has 2 aromatic carbocycles. The summed E-state index contributed by atoms with van der Waals surface area (Å²) in [4.78, 5) is 14.2. The Bertz CT molecular complexity index is 749. The first-order chi connectivity index (χ1) is 11.4. The molecule has 0 heterocycles. The highest BCUT2D eigenvalue weighted by Gasteiger charge is 2.23. The van der Waals surface area contributed by atoms with Crippen LogP contribution in [0.4, 0.5) is 8.78 Å². The molecule has 0 radical (unpaired) electrons. The Hall–Kier alpha value is -2.63. The van der Waals surface area contributed by atoms with E-state index in [-0.39, 0.29) is 5.91 Å². The molecule has 6 heteroatoms. The molecule has 1 amide bonds. The smallest absolute Gasteiger partial charge is 0.258 e. The quantitative estimate of drug-likeness (QED) is 0.834. The predicted molar refractivity (Wildman–Crippen MR) is 86.4 cm³/mol. The highest BCUT2D eigenvalue weighted by atomic mass is 19.2. The van der Waals surface area contributed by atoms with Crippen molar-refractivity contribution in [1.82, 2.24) is 4.90 Å². The van der Waals surface area contributed by atoms with Crippen LogP contribution in [0, 0.1) is 11.6 Å². The summed E-state index contributed by atoms with van der Waals surface area (Å²) in [5.74, 6) is -1.25. The van der Waals surface area contributed by atoms with Crippen LogP contribution in [0.5, 0.6) is 11.5 Å². The van der Waals surface area contributed by atoms with Gasteiger partial charge >= 0.3 is 0 Å². The van der Waals surface area contributed by atoms with E-state index < -0.39 is 17.7 Å². The number of benzene rings is 2. The number of nitrogens with zero attached hydrogens (tertiary/aromatic N) is 1. The van der Waals surface area contributed by atoms with Gasteiger partial charge in [-0.25, -0.2) is 8.78 Å². The Balaban J connectivity index is 2.33. The summed E-state index contributed by atoms with van der Waals surface area (Å²) in [6.07, 6.45) is 0. The van der Waals surface area contributed by atoms with Crippen molar-refractivity contribution >= 4 is 5.91 Å². The zero-order valence-electron chi connectivity index (χ0n) is 14.0. The van der Waals surface area contributed by atoms with Crippen LogP contribution in [0.15, 0.2) is 36.4 Å². The van der Waals surface area contributed by atoms with Crippen LogP contribution >= 0.6 is 0 Å². The molecule has 0 aromatic heterocycles. The van der Waals surface area contributed by atoms with Gasteiger partial charge in [0.2, 0.25) is 0 Å². The topological polar surface area (TPSA) is 38.8 Å². The number of halogens is 2. The van der Waals surface area contributed by atoms with Crippen molar-refractivity contribution in [2.75, 3.05) is 21.3 Å². The molecule has 0 unspecified atom stereocenters. The SMILES string of the molecule is COc1ccc(OC)c(C(=O)N(C)[C@@H](C)c2ccc(F)c(F)c2)c1. The number of methoxy groups -OCH3 is 2. The van der Waals surface area contributed by atoms with Crippen LogP contribution in [0.25, 0.3) is 0 Å². The molecular formula is C18H19F2NO3. The summed E-state index contributed by atoms with van der Waals surface area (Å²) in [6, 6.07) is 8.04. The molecule has 128 valence electrons. The van der Waals surface area contributed by atoms with Gasteiger partial charge in [-0.15, -0.1) is 0 Å². The second-order valence-electron chi connectivity index (χ2n) is 5.33. The third kappa shape index (κ3) is 3.48. The third-order valence-corrected chi connectivity index (χ3v) is 3.96. The Morgan fingerprint density at radius 3 is 2.33 bits per heavy atom. The maximum atomic E-state index is 13.4. The minimum Gasteiger partial charge on any atom is -0.497 e. The summed E-state index contributed by atoms with van der Waals surface area (Å²) in [5, 5.41) is 0. The fourth-order valence-electron chi connectivity index (χ4n) is 2.34. The number of carbonyl (C=O) groups excluding carboxylic acids is 1. The molecular weight excluding hydrogens is 316 g/mol. The lowest BCUT2D eigenvalue weighted by Gasteiger charge is -2.26. The van der Waals surface area contributed by atoms with Crippen molar-refractivity contribution in [3.05, 3.63) is 59.2 Å². The van der Waals surface area contributed by atoms with Crippen LogP contribution in [0.2, 0.25) is 0 Å². The first-order valence-electron chi connectivity index (χ1n) is 7.33. The molecule has 2 aromatic rings. The number of carbonyl (C=O) groups is 1. The fraction of sp³-hybridized carbons (Fsp3) is 0.278. The molecule has 0 spiro atoms. The molecule has 24 heavy (non-hydrogen) atoms. The molecule has 0 fully saturated rings. The van der Waals surface area contributed by atoms with Crippen molar-refractivity contribution < 1.29 is 23.0 Å². The zero-order valence-corrected chi connectivity index (χ0v) is 14.0. The standard InChI is InChI=1S/C18H19F2NO3/c1-11(12-5-7-15(19)16(20)9-12)21(2)18(22)14-10-13(23-3)6-8-17(14)24-4/h5-11H,1-4H3/t11-/m0/s1. The number of hydrogen-bond donors (Lipinski definition) is 0. The van der Waals surface area contributed by atoms with Gasteiger partial charge in [-0.2, -0.15) is 0 Å². The van der Waals surface area contributed by atoms with Gasteiger partial charge in [0.15, 0.2) is 11.6 Å². The Morgan fingerprint density at radius 2 is 1.75 bits per heavy atom. The first-order valence-corrected chi connectivity index (χ1v) is 7.33. The third-order valence-electron chi connectivity index (χ3n) is 3.96. The zero-order chi connectivity index (χ0) is 17.9. The summed E-state index contributed by atoms with van der Waals surface area (Å²) < 4.78 is 36.9. The maximum Gasteiger partial charge on any atom is 0.258 e. The largest absolute Gasteiger partial charge is 0.497 e. The molecule has 0 N–H and O–H groups in total. The lowest BCUT2D eigenvalue weighted by molar-refractivity contribution is 0.0738. The average molecular weight is 335 g/mol. The van der Waals surface area contributed by atoms with Crippen molar-refractivity contribution in [3.8, 4) is 11.5 Å². The monoisotopic (exact) mass is 335 g/mol. The Labute approximate surface area is 139 Å². The van der Waals surface area contributed by atoms with E-state index in [0.29, 0.717) is 22.6 Å². The second-order valence-corrected chi connectivity index (χ2v) is 5.33. The molecule has 0 aliphatic heterocycles. The first kappa shape index (κ1) is 17.7. The van der Waals surface area contributed by atoms with Gasteiger partial charge in [-0.1, -0.05) is 6.07 Å². The van der Waals surface area contributed by atoms with Gasteiger partial charge in [-0.05, 0) is 42.8 Å². The normalized spacial score (nSPS) is 11.8. The fourth-order valence-corrected chi connectivity index (χ4v) is 2.34. The molecule has 0 aliphatic carbocycles. The van der Waals surface area contributed by atoms with Gasteiger partial charge in [0.25, 0.3) is 5.91 Å². The van der Waals surface area contributed by atoms with Gasteiger partial charge in [0, 0.05) is 7.05 Å². The van der Waals surface area contributed by atoms with E-state index in [9.17, 15) is 13.6 Å². The van der Waals surface area contributed by atoms with E-state index >= 15 is 0 Å². The molecule has 0 saturated carbocycles. The van der Waals surface area contributed by atoms with Gasteiger partial charge < -0.3 is 14.4 Å². The van der Waals surface area contributed by atoms with Gasteiger partial charge in [-0.3, -0.25) is 4.79 Å². The predicted octanol–water partition coefficient (Wildman–Crippen LogP) is 3.82. The highest BCUT2D eigenvalue weighted by molar-refractivity contribution is 5.97. The van der Waals surface area contributed by atoms with Crippen LogP contribution < -0.4 is 9.47 Å². The lowest BCUT2D eigenvalue weighted by Crippen LogP contribution is -2.30. The van der Waals surface area contributed by atoms with Crippen LogP contribution in [-0.2, 0) is 0 Å². The number of rotatable bonds is 5. The molecule has 0 saturated heterocycles. The summed E-state index contributed by atoms with van der Waals surface area (Å²) in [5.41, 5.74) is 0.820. The maximum absolute atomic E-state index is 13.4. The Kier molecular flexibility index (Phi) is 5.39. The minimum absolute atomic E-state index is 0.317. The Morgan fingerprint density at radius 1 is 1.04 bits per heavy atom. The lowest BCUT2D eigenvalue weighted by atomic mass is 10.1. The average Bonchev–Trinajstić information content (AvgIpc) is 2.61. The van der Waals surface area contributed by atoms with Crippen LogP contribution in [0.3, 0.4) is 0 Å². The second kappa shape index (κ2) is 7.29. The highest BCUT2D eigenvalue weighted by Crippen LogP contribution is 2.28. The minimum atomic E-state index is -0.945. The van der Waals surface area contributed by atoms with E-state index in [4.69, 9.17) is 9.47 Å². The molecule has 0 aliphatic rings. The molecule has 4 nitrogen and oxygen atoms in total. The van der Waals surface area contributed by atoms with Crippen molar-refractivity contribution in [1.29, 1.82) is 0 Å². The summed E-state index contributed by atoms with van der Waals surface area (Å²) in [6.45, 7) is 1.73. The van der Waals surface area contributed by atoms with Crippen molar-refractivity contribution in [2.45, 2.75) is 13.0 Å². The van der Waals surface area contributed by atoms with Gasteiger partial charge in [0.1, 0.15) is 11.5 Å². The van der Waals surface area contributed by atoms with Crippen molar-refractivity contribution in [3.63, 3.8) is 0 Å². The van der Waals surface area contributed by atoms with E-state index in [1.807, 2.05) is 0 Å². The number of amides is 1. The van der Waals surface area contributed by atoms with Crippen LogP contribution in [0.1, 0.15) is 28.9 Å². The molecule has 2 rings (SSSR count). The van der Waals surface area contributed by atoms with E-state index in [2.05, 4.69) is 0 Å². The molecule has 0 bridgehead atoms. The van der Waals surface area contributed by atoms with Crippen molar-refractivity contribution in [2.24, 2.45) is 0 Å². The van der Waals surface area contributed by atoms with Crippen LogP contribution in [-0.4, -0.2) is 32.1 Å². The van der Waals surface area contributed by atoms with E-state index in [0.717, 1.165) is 12.1 Å². The number of ether oxygens (including phenoxy) is 2. The van der Waals surface area contributed by atoms with E-state index in [1.165, 1.54) is 25.2 Å². The number of hydrogen-bond acceptors (Lipinski definition) is 3. The van der Waals surface area contributed by atoms with E-state index in [1.54, 1.807) is 32.2 Å².